The summed E-state index contributed by atoms with van der Waals surface area (Å²) in [4.78, 5) is 0. The van der Waals surface area contributed by atoms with E-state index >= 15 is 0 Å². The number of benzene rings is 2. The molecule has 7 heteroatoms. The number of ether oxygens (including phenoxy) is 6. The summed E-state index contributed by atoms with van der Waals surface area (Å²) in [6.07, 6.45) is 0.370. The largest absolute Gasteiger partial charge is 0.388 e. The Kier molecular flexibility index (Phi) is 22.4. The van der Waals surface area contributed by atoms with Crippen molar-refractivity contribution in [3.8, 4) is 0 Å². The van der Waals surface area contributed by atoms with Crippen LogP contribution in [0, 0.1) is 0 Å². The minimum absolute atomic E-state index is 0.341. The monoisotopic (exact) mass is 452 g/mol. The maximum atomic E-state index is 8.80. The molecule has 2 aliphatic rings. The Morgan fingerprint density at radius 1 is 0.594 bits per heavy atom. The number of methoxy groups -OCH3 is 4. The second kappa shape index (κ2) is 23.8. The van der Waals surface area contributed by atoms with Gasteiger partial charge in [-0.05, 0) is 0 Å². The first-order valence-electron chi connectivity index (χ1n) is 10.5. The summed E-state index contributed by atoms with van der Waals surface area (Å²) >= 11 is 0. The van der Waals surface area contributed by atoms with Gasteiger partial charge in [0.15, 0.2) is 0 Å². The van der Waals surface area contributed by atoms with Crippen LogP contribution in [0.15, 0.2) is 72.8 Å². The maximum absolute atomic E-state index is 8.80. The number of rotatable bonds is 8. The van der Waals surface area contributed by atoms with Crippen molar-refractivity contribution in [3.63, 3.8) is 0 Å². The summed E-state index contributed by atoms with van der Waals surface area (Å²) in [6, 6.07) is 24.0. The van der Waals surface area contributed by atoms with Gasteiger partial charge in [-0.3, -0.25) is 0 Å². The Hall–Kier alpha value is -1.84. The van der Waals surface area contributed by atoms with Crippen molar-refractivity contribution >= 4 is 0 Å². The maximum Gasteiger partial charge on any atom is 0.104 e. The summed E-state index contributed by atoms with van der Waals surface area (Å²) < 4.78 is 28.4. The molecule has 2 atom stereocenters. The van der Waals surface area contributed by atoms with Crippen molar-refractivity contribution in [2.24, 2.45) is 0 Å². The minimum atomic E-state index is -0.481. The first-order valence-corrected chi connectivity index (χ1v) is 10.5. The molecule has 0 saturated carbocycles. The molecule has 2 aromatic carbocycles. The van der Waals surface area contributed by atoms with Gasteiger partial charge in [0.05, 0.1) is 39.6 Å². The Labute approximate surface area is 193 Å². The van der Waals surface area contributed by atoms with Crippen LogP contribution in [0.25, 0.3) is 0 Å². The van der Waals surface area contributed by atoms with E-state index in [1.165, 1.54) is 0 Å². The molecule has 2 heterocycles. The van der Waals surface area contributed by atoms with Crippen molar-refractivity contribution in [2.45, 2.75) is 18.3 Å². The fraction of sp³-hybridized carbons (Fsp3) is 0.520. The molecule has 0 bridgehead atoms. The molecule has 2 fully saturated rings. The molecule has 2 unspecified atom stereocenters. The molecule has 1 N–H and O–H groups in total. The van der Waals surface area contributed by atoms with Crippen molar-refractivity contribution in [1.82, 2.24) is 0 Å². The lowest BCUT2D eigenvalue weighted by atomic mass is 10.4. The average Bonchev–Trinajstić information content (AvgIpc) is 3.76. The van der Waals surface area contributed by atoms with Crippen LogP contribution in [0.5, 0.6) is 0 Å². The van der Waals surface area contributed by atoms with E-state index in [9.17, 15) is 0 Å². The molecule has 2 saturated heterocycles. The molecule has 2 aromatic rings. The zero-order valence-corrected chi connectivity index (χ0v) is 19.8. The molecule has 0 spiro atoms. The Bertz CT molecular complexity index is 458. The molecule has 4 rings (SSSR count). The van der Waals surface area contributed by atoms with E-state index in [0.29, 0.717) is 25.4 Å². The average molecular weight is 453 g/mol. The number of aliphatic hydroxyl groups is 1. The van der Waals surface area contributed by atoms with E-state index in [4.69, 9.17) is 24.1 Å². The van der Waals surface area contributed by atoms with Crippen molar-refractivity contribution in [3.05, 3.63) is 72.8 Å². The molecule has 0 aromatic heterocycles. The fourth-order valence-electron chi connectivity index (χ4n) is 1.90. The van der Waals surface area contributed by atoms with Crippen molar-refractivity contribution in [2.75, 3.05) is 68.1 Å². The summed E-state index contributed by atoms with van der Waals surface area (Å²) in [7, 11) is 6.45. The third kappa shape index (κ3) is 26.2. The fourth-order valence-corrected chi connectivity index (χ4v) is 1.90. The molecular weight excluding hydrogens is 412 g/mol. The highest BCUT2D eigenvalue weighted by Gasteiger charge is 2.21. The van der Waals surface area contributed by atoms with Crippen LogP contribution in [0.4, 0.5) is 0 Å². The van der Waals surface area contributed by atoms with Crippen LogP contribution in [-0.4, -0.2) is 91.5 Å². The van der Waals surface area contributed by atoms with Gasteiger partial charge in [0, 0.05) is 28.4 Å². The first kappa shape index (κ1) is 30.2. The molecule has 7 nitrogen and oxygen atoms in total. The van der Waals surface area contributed by atoms with Gasteiger partial charge in [-0.1, -0.05) is 72.8 Å². The van der Waals surface area contributed by atoms with E-state index in [-0.39, 0.29) is 0 Å². The first-order chi connectivity index (χ1) is 15.7. The van der Waals surface area contributed by atoms with Crippen LogP contribution in [0.3, 0.4) is 0 Å². The van der Waals surface area contributed by atoms with Gasteiger partial charge in [0.2, 0.25) is 0 Å². The number of hydrogen-bond donors (Lipinski definition) is 1. The van der Waals surface area contributed by atoms with E-state index in [2.05, 4.69) is 9.47 Å². The van der Waals surface area contributed by atoms with Gasteiger partial charge in [0.1, 0.15) is 18.3 Å². The van der Waals surface area contributed by atoms with E-state index in [1.807, 2.05) is 72.8 Å². The van der Waals surface area contributed by atoms with Crippen LogP contribution in [0.1, 0.15) is 0 Å². The predicted octanol–water partition coefficient (Wildman–Crippen LogP) is 3.08. The highest BCUT2D eigenvalue weighted by atomic mass is 16.6. The van der Waals surface area contributed by atoms with E-state index < -0.39 is 6.10 Å². The molecule has 32 heavy (non-hydrogen) atoms. The summed E-state index contributed by atoms with van der Waals surface area (Å²) in [5, 5.41) is 8.80. The second-order valence-corrected chi connectivity index (χ2v) is 6.70. The predicted molar refractivity (Wildman–Crippen MR) is 126 cm³/mol. The van der Waals surface area contributed by atoms with Gasteiger partial charge >= 0.3 is 0 Å². The number of hydrogen-bond acceptors (Lipinski definition) is 7. The normalized spacial score (nSPS) is 17.1. The third-order valence-corrected chi connectivity index (χ3v) is 3.56. The topological polar surface area (TPSA) is 82.2 Å². The Morgan fingerprint density at radius 3 is 0.969 bits per heavy atom. The molecule has 2 aliphatic heterocycles. The lowest BCUT2D eigenvalue weighted by molar-refractivity contribution is 0.00980. The Morgan fingerprint density at radius 2 is 0.844 bits per heavy atom. The van der Waals surface area contributed by atoms with Gasteiger partial charge in [-0.15, -0.1) is 0 Å². The standard InChI is InChI=1S/2C6H6.C5H12O3.2C4H8O2/c2*1-2-4-6-5-3-1;1-7-3-5(6)4-8-2;2*1-5-2-4-3-6-4/h2*1-6H;5-6H,3-4H2,1-2H3;2*4H,2-3H2,1H3. The lowest BCUT2D eigenvalue weighted by Crippen LogP contribution is -2.19. The highest BCUT2D eigenvalue weighted by Crippen LogP contribution is 2.07. The summed E-state index contributed by atoms with van der Waals surface area (Å²) in [5.41, 5.74) is 0. The number of aliphatic hydroxyl groups excluding tert-OH is 1. The van der Waals surface area contributed by atoms with Crippen LogP contribution in [0.2, 0.25) is 0 Å². The molecule has 0 radical (unpaired) electrons. The summed E-state index contributed by atoms with van der Waals surface area (Å²) in [6.45, 7) is 4.00. The molecular formula is C25H40O7. The Balaban J connectivity index is 0.000000377. The van der Waals surface area contributed by atoms with Gasteiger partial charge < -0.3 is 33.5 Å². The van der Waals surface area contributed by atoms with Crippen molar-refractivity contribution in [1.29, 1.82) is 0 Å². The quantitative estimate of drug-likeness (QED) is 0.617. The summed E-state index contributed by atoms with van der Waals surface area (Å²) in [5.74, 6) is 0. The molecule has 0 amide bonds. The van der Waals surface area contributed by atoms with Gasteiger partial charge in [0.25, 0.3) is 0 Å². The third-order valence-electron chi connectivity index (χ3n) is 3.56. The minimum Gasteiger partial charge on any atom is -0.388 e. The zero-order chi connectivity index (χ0) is 23.7. The van der Waals surface area contributed by atoms with Crippen molar-refractivity contribution < 1.29 is 33.5 Å². The molecule has 182 valence electrons. The van der Waals surface area contributed by atoms with E-state index in [1.54, 1.807) is 28.4 Å². The highest BCUT2D eigenvalue weighted by molar-refractivity contribution is 4.99. The number of epoxide rings is 2. The van der Waals surface area contributed by atoms with Crippen LogP contribution < -0.4 is 0 Å². The zero-order valence-electron chi connectivity index (χ0n) is 19.8. The second-order valence-electron chi connectivity index (χ2n) is 6.70. The van der Waals surface area contributed by atoms with Crippen LogP contribution >= 0.6 is 0 Å². The van der Waals surface area contributed by atoms with Crippen LogP contribution in [-0.2, 0) is 28.4 Å². The van der Waals surface area contributed by atoms with Gasteiger partial charge in [-0.25, -0.2) is 0 Å². The smallest absolute Gasteiger partial charge is 0.104 e. The lowest BCUT2D eigenvalue weighted by Gasteiger charge is -2.05. The van der Waals surface area contributed by atoms with Gasteiger partial charge in [-0.2, -0.15) is 0 Å². The SMILES string of the molecule is COCC(O)COC.COCC1CO1.COCC1CO1.c1ccccc1.c1ccccc1. The van der Waals surface area contributed by atoms with E-state index in [0.717, 1.165) is 26.4 Å². The molecule has 0 aliphatic carbocycles.